The number of nitrogens with one attached hydrogen (secondary N) is 1. The van der Waals surface area contributed by atoms with Gasteiger partial charge in [0.05, 0.1) is 13.3 Å². The normalized spacial score (nSPS) is 11.0. The second kappa shape index (κ2) is 6.31. The largest absolute Gasteiger partial charge is 0.497 e. The summed E-state index contributed by atoms with van der Waals surface area (Å²) in [5.41, 5.74) is 1.62. The summed E-state index contributed by atoms with van der Waals surface area (Å²) in [5, 5.41) is 11.3. The predicted molar refractivity (Wildman–Crippen MR) is 86.6 cm³/mol. The van der Waals surface area contributed by atoms with Gasteiger partial charge in [-0.15, -0.1) is 0 Å². The molecule has 0 amide bonds. The molecule has 0 saturated carbocycles. The van der Waals surface area contributed by atoms with Gasteiger partial charge in [-0.3, -0.25) is 4.98 Å². The van der Waals surface area contributed by atoms with E-state index in [9.17, 15) is 0 Å². The molecule has 7 heteroatoms. The van der Waals surface area contributed by atoms with E-state index in [2.05, 4.69) is 20.3 Å². The van der Waals surface area contributed by atoms with Crippen LogP contribution in [-0.4, -0.2) is 33.2 Å². The van der Waals surface area contributed by atoms with Gasteiger partial charge in [0.25, 0.3) is 0 Å². The highest BCUT2D eigenvalue weighted by Crippen LogP contribution is 2.14. The van der Waals surface area contributed by atoms with Gasteiger partial charge in [-0.25, -0.2) is 5.10 Å². The lowest BCUT2D eigenvalue weighted by Gasteiger charge is -2.01. The number of H-pyrrole nitrogens is 1. The maximum Gasteiger partial charge on any atom is 0.216 e. The predicted octanol–water partition coefficient (Wildman–Crippen LogP) is 2.89. The van der Waals surface area contributed by atoms with Gasteiger partial charge in [-0.05, 0) is 54.2 Å². The Bertz CT molecular complexity index is 836. The summed E-state index contributed by atoms with van der Waals surface area (Å²) in [6, 6.07) is 13.1. The van der Waals surface area contributed by atoms with E-state index in [0.717, 1.165) is 11.3 Å². The zero-order valence-electron chi connectivity index (χ0n) is 11.8. The van der Waals surface area contributed by atoms with Crippen molar-refractivity contribution in [2.45, 2.75) is 0 Å². The quantitative estimate of drug-likeness (QED) is 0.594. The van der Waals surface area contributed by atoms with Gasteiger partial charge in [0, 0.05) is 6.20 Å². The van der Waals surface area contributed by atoms with Gasteiger partial charge in [0.1, 0.15) is 11.4 Å². The molecule has 0 saturated heterocycles. The Morgan fingerprint density at radius 2 is 2.05 bits per heavy atom. The van der Waals surface area contributed by atoms with Crippen molar-refractivity contribution in [3.8, 4) is 17.3 Å². The molecule has 0 radical (unpaired) electrons. The Kier molecular flexibility index (Phi) is 4.06. The van der Waals surface area contributed by atoms with E-state index in [1.165, 1.54) is 0 Å². The van der Waals surface area contributed by atoms with E-state index >= 15 is 0 Å². The summed E-state index contributed by atoms with van der Waals surface area (Å²) in [4.78, 5) is 4.26. The van der Waals surface area contributed by atoms with Crippen LogP contribution in [0.3, 0.4) is 0 Å². The Labute approximate surface area is 132 Å². The van der Waals surface area contributed by atoms with Crippen LogP contribution in [0.1, 0.15) is 5.56 Å². The molecule has 1 aromatic carbocycles. The second-order valence-electron chi connectivity index (χ2n) is 4.40. The van der Waals surface area contributed by atoms with E-state index in [0.29, 0.717) is 16.3 Å². The molecular weight excluding hydrogens is 298 g/mol. The molecule has 2 aromatic heterocycles. The number of ether oxygens (including phenoxy) is 1. The SMILES string of the molecule is COc1ccc(/C=N\n2c(-c3ccccn3)n[nH]c2=S)cc1. The number of nitrogens with zero attached hydrogens (tertiary/aromatic N) is 4. The van der Waals surface area contributed by atoms with Crippen molar-refractivity contribution in [2.75, 3.05) is 7.11 Å². The fourth-order valence-electron chi connectivity index (χ4n) is 1.87. The Balaban J connectivity index is 1.93. The number of benzene rings is 1. The van der Waals surface area contributed by atoms with Crippen molar-refractivity contribution in [2.24, 2.45) is 5.10 Å². The third-order valence-corrected chi connectivity index (χ3v) is 3.25. The topological polar surface area (TPSA) is 68.1 Å². The molecule has 0 bridgehead atoms. The van der Waals surface area contributed by atoms with Crippen molar-refractivity contribution in [1.82, 2.24) is 19.9 Å². The van der Waals surface area contributed by atoms with Crippen LogP contribution in [0.2, 0.25) is 0 Å². The van der Waals surface area contributed by atoms with Gasteiger partial charge in [0.15, 0.2) is 0 Å². The molecule has 0 fully saturated rings. The van der Waals surface area contributed by atoms with Crippen LogP contribution in [0, 0.1) is 4.77 Å². The first-order valence-electron chi connectivity index (χ1n) is 6.55. The summed E-state index contributed by atoms with van der Waals surface area (Å²) in [6.07, 6.45) is 3.40. The Morgan fingerprint density at radius 1 is 1.23 bits per heavy atom. The minimum Gasteiger partial charge on any atom is -0.497 e. The number of hydrogen-bond acceptors (Lipinski definition) is 5. The van der Waals surface area contributed by atoms with E-state index < -0.39 is 0 Å². The minimum absolute atomic E-state index is 0.408. The van der Waals surface area contributed by atoms with Crippen LogP contribution < -0.4 is 4.74 Å². The first kappa shape index (κ1) is 14.2. The highest BCUT2D eigenvalue weighted by molar-refractivity contribution is 7.71. The smallest absolute Gasteiger partial charge is 0.216 e. The number of pyridine rings is 1. The molecule has 2 heterocycles. The highest BCUT2D eigenvalue weighted by atomic mass is 32.1. The molecule has 0 atom stereocenters. The van der Waals surface area contributed by atoms with Crippen molar-refractivity contribution in [3.63, 3.8) is 0 Å². The molecule has 3 rings (SSSR count). The third kappa shape index (κ3) is 2.94. The van der Waals surface area contributed by atoms with E-state index in [-0.39, 0.29) is 0 Å². The fraction of sp³-hybridized carbons (Fsp3) is 0.0667. The summed E-state index contributed by atoms with van der Waals surface area (Å²) in [6.45, 7) is 0. The molecule has 1 N–H and O–H groups in total. The molecule has 6 nitrogen and oxygen atoms in total. The summed E-state index contributed by atoms with van der Waals surface area (Å²) < 4.78 is 7.08. The van der Waals surface area contributed by atoms with E-state index in [1.807, 2.05) is 42.5 Å². The molecular formula is C15H13N5OS. The van der Waals surface area contributed by atoms with Crippen LogP contribution in [0.25, 0.3) is 11.5 Å². The second-order valence-corrected chi connectivity index (χ2v) is 4.78. The summed E-state index contributed by atoms with van der Waals surface area (Å²) in [5.74, 6) is 1.36. The standard InChI is InChI=1S/C15H13N5OS/c1-21-12-7-5-11(6-8-12)10-17-20-14(18-19-15(20)22)13-4-2-3-9-16-13/h2-10H,1H3,(H,19,22)/b17-10-. The maximum absolute atomic E-state index is 5.21. The summed E-state index contributed by atoms with van der Waals surface area (Å²) in [7, 11) is 1.63. The lowest BCUT2D eigenvalue weighted by Crippen LogP contribution is -1.96. The Morgan fingerprint density at radius 3 is 2.73 bits per heavy atom. The van der Waals surface area contributed by atoms with Gasteiger partial charge >= 0.3 is 0 Å². The molecule has 110 valence electrons. The third-order valence-electron chi connectivity index (χ3n) is 2.98. The summed E-state index contributed by atoms with van der Waals surface area (Å²) >= 11 is 5.21. The molecule has 0 unspecified atom stereocenters. The van der Waals surface area contributed by atoms with Crippen molar-refractivity contribution in [3.05, 3.63) is 59.0 Å². The Hall–Kier alpha value is -2.80. The van der Waals surface area contributed by atoms with Gasteiger partial charge in [-0.2, -0.15) is 14.9 Å². The number of rotatable bonds is 4. The molecule has 0 aliphatic carbocycles. The van der Waals surface area contributed by atoms with E-state index in [4.69, 9.17) is 17.0 Å². The number of methoxy groups -OCH3 is 1. The molecule has 3 aromatic rings. The van der Waals surface area contributed by atoms with Crippen molar-refractivity contribution in [1.29, 1.82) is 0 Å². The minimum atomic E-state index is 0.408. The number of hydrogen-bond donors (Lipinski definition) is 1. The zero-order chi connectivity index (χ0) is 15.4. The van der Waals surface area contributed by atoms with Crippen molar-refractivity contribution >= 4 is 18.4 Å². The van der Waals surface area contributed by atoms with E-state index in [1.54, 1.807) is 24.2 Å². The monoisotopic (exact) mass is 311 g/mol. The molecule has 0 aliphatic rings. The van der Waals surface area contributed by atoms with Crippen LogP contribution in [-0.2, 0) is 0 Å². The van der Waals surface area contributed by atoms with Crippen LogP contribution in [0.5, 0.6) is 5.75 Å². The van der Waals surface area contributed by atoms with Crippen LogP contribution in [0.4, 0.5) is 0 Å². The van der Waals surface area contributed by atoms with Gasteiger partial charge < -0.3 is 4.74 Å². The van der Waals surface area contributed by atoms with Crippen molar-refractivity contribution < 1.29 is 4.74 Å². The fourth-order valence-corrected chi connectivity index (χ4v) is 2.05. The lowest BCUT2D eigenvalue weighted by atomic mass is 10.2. The highest BCUT2D eigenvalue weighted by Gasteiger charge is 2.08. The average molecular weight is 311 g/mol. The van der Waals surface area contributed by atoms with Crippen LogP contribution >= 0.6 is 12.2 Å². The number of aromatic nitrogens is 4. The average Bonchev–Trinajstić information content (AvgIpc) is 2.95. The lowest BCUT2D eigenvalue weighted by molar-refractivity contribution is 0.415. The first-order chi connectivity index (χ1) is 10.8. The first-order valence-corrected chi connectivity index (χ1v) is 6.96. The zero-order valence-corrected chi connectivity index (χ0v) is 12.6. The number of aromatic amines is 1. The van der Waals surface area contributed by atoms with Crippen LogP contribution in [0.15, 0.2) is 53.8 Å². The molecule has 0 aliphatic heterocycles. The maximum atomic E-state index is 5.21. The molecule has 22 heavy (non-hydrogen) atoms. The van der Waals surface area contributed by atoms with Gasteiger partial charge in [0.2, 0.25) is 10.6 Å². The molecule has 0 spiro atoms. The van der Waals surface area contributed by atoms with Gasteiger partial charge in [-0.1, -0.05) is 6.07 Å².